The van der Waals surface area contributed by atoms with Crippen LogP contribution in [0.5, 0.6) is 11.5 Å². The van der Waals surface area contributed by atoms with Gasteiger partial charge in [-0.1, -0.05) is 15.9 Å². The van der Waals surface area contributed by atoms with Gasteiger partial charge in [0.15, 0.2) is 11.5 Å². The molecule has 0 bridgehead atoms. The summed E-state index contributed by atoms with van der Waals surface area (Å²) in [4.78, 5) is 0. The van der Waals surface area contributed by atoms with Crippen molar-refractivity contribution >= 4 is 15.9 Å². The van der Waals surface area contributed by atoms with Crippen molar-refractivity contribution in [3.8, 4) is 11.5 Å². The SMILES string of the molecule is OCCOc1cc(Br)ccc1O. The highest BCUT2D eigenvalue weighted by Crippen LogP contribution is 2.28. The summed E-state index contributed by atoms with van der Waals surface area (Å²) < 4.78 is 5.86. The highest BCUT2D eigenvalue weighted by Gasteiger charge is 2.01. The van der Waals surface area contributed by atoms with Gasteiger partial charge in [0.25, 0.3) is 0 Å². The Bertz CT molecular complexity index is 262. The Kier molecular flexibility index (Phi) is 3.37. The summed E-state index contributed by atoms with van der Waals surface area (Å²) in [5.74, 6) is 0.449. The molecule has 0 aliphatic rings. The van der Waals surface area contributed by atoms with Crippen LogP contribution in [0.3, 0.4) is 0 Å². The molecule has 0 amide bonds. The second-order valence-corrected chi connectivity index (χ2v) is 3.10. The van der Waals surface area contributed by atoms with Gasteiger partial charge < -0.3 is 14.9 Å². The third-order valence-corrected chi connectivity index (χ3v) is 1.76. The summed E-state index contributed by atoms with van der Waals surface area (Å²) in [6, 6.07) is 4.88. The molecule has 0 unspecified atom stereocenters. The van der Waals surface area contributed by atoms with Gasteiger partial charge in [-0.3, -0.25) is 0 Å². The number of ether oxygens (including phenoxy) is 1. The van der Waals surface area contributed by atoms with E-state index < -0.39 is 0 Å². The summed E-state index contributed by atoms with van der Waals surface area (Å²) in [6.45, 7) is 0.121. The van der Waals surface area contributed by atoms with E-state index in [0.717, 1.165) is 4.47 Å². The van der Waals surface area contributed by atoms with Crippen molar-refractivity contribution in [2.45, 2.75) is 0 Å². The Balaban J connectivity index is 2.75. The van der Waals surface area contributed by atoms with Gasteiger partial charge in [-0.15, -0.1) is 0 Å². The Morgan fingerprint density at radius 2 is 2.17 bits per heavy atom. The minimum absolute atomic E-state index is 0.0635. The first-order valence-electron chi connectivity index (χ1n) is 3.46. The zero-order chi connectivity index (χ0) is 8.97. The third-order valence-electron chi connectivity index (χ3n) is 1.27. The molecule has 2 N–H and O–H groups in total. The Morgan fingerprint density at radius 3 is 2.83 bits per heavy atom. The van der Waals surface area contributed by atoms with Crippen LogP contribution in [0.4, 0.5) is 0 Å². The van der Waals surface area contributed by atoms with Gasteiger partial charge in [0, 0.05) is 4.47 Å². The highest BCUT2D eigenvalue weighted by molar-refractivity contribution is 9.10. The molecule has 1 rings (SSSR count). The monoisotopic (exact) mass is 232 g/mol. The average Bonchev–Trinajstić information content (AvgIpc) is 2.07. The molecular formula is C8H9BrO3. The highest BCUT2D eigenvalue weighted by atomic mass is 79.9. The lowest BCUT2D eigenvalue weighted by Gasteiger charge is -2.05. The van der Waals surface area contributed by atoms with Crippen LogP contribution in [0, 0.1) is 0 Å². The molecule has 0 radical (unpaired) electrons. The predicted octanol–water partition coefficient (Wildman–Crippen LogP) is 1.53. The molecule has 0 atom stereocenters. The topological polar surface area (TPSA) is 49.7 Å². The van der Waals surface area contributed by atoms with Crippen LogP contribution in [0.15, 0.2) is 22.7 Å². The number of aliphatic hydroxyl groups is 1. The molecule has 1 aromatic carbocycles. The number of halogens is 1. The van der Waals surface area contributed by atoms with Gasteiger partial charge in [-0.05, 0) is 18.2 Å². The second kappa shape index (κ2) is 4.33. The van der Waals surface area contributed by atoms with Crippen LogP contribution in [0.1, 0.15) is 0 Å². The lowest BCUT2D eigenvalue weighted by atomic mass is 10.3. The van der Waals surface area contributed by atoms with Gasteiger partial charge in [-0.2, -0.15) is 0 Å². The fraction of sp³-hybridized carbons (Fsp3) is 0.250. The molecule has 0 fully saturated rings. The maximum Gasteiger partial charge on any atom is 0.162 e. The zero-order valence-corrected chi connectivity index (χ0v) is 7.91. The van der Waals surface area contributed by atoms with E-state index in [-0.39, 0.29) is 19.0 Å². The van der Waals surface area contributed by atoms with E-state index in [1.165, 1.54) is 6.07 Å². The Morgan fingerprint density at radius 1 is 1.42 bits per heavy atom. The number of aliphatic hydroxyl groups excluding tert-OH is 1. The molecule has 0 heterocycles. The van der Waals surface area contributed by atoms with Crippen molar-refractivity contribution in [1.29, 1.82) is 0 Å². The van der Waals surface area contributed by atoms with Crippen LogP contribution in [0.25, 0.3) is 0 Å². The fourth-order valence-corrected chi connectivity index (χ4v) is 1.10. The molecule has 0 aliphatic heterocycles. The Labute approximate surface area is 78.7 Å². The standard InChI is InChI=1S/C8H9BrO3/c9-6-1-2-7(11)8(5-6)12-4-3-10/h1-2,5,10-11H,3-4H2. The van der Waals surface area contributed by atoms with Crippen LogP contribution in [-0.4, -0.2) is 23.4 Å². The lowest BCUT2D eigenvalue weighted by molar-refractivity contribution is 0.197. The second-order valence-electron chi connectivity index (χ2n) is 2.18. The fourth-order valence-electron chi connectivity index (χ4n) is 0.759. The molecular weight excluding hydrogens is 224 g/mol. The van der Waals surface area contributed by atoms with E-state index in [1.54, 1.807) is 12.1 Å². The molecule has 0 saturated carbocycles. The van der Waals surface area contributed by atoms with Gasteiger partial charge in [0.1, 0.15) is 6.61 Å². The molecule has 0 saturated heterocycles. The Hall–Kier alpha value is -0.740. The summed E-state index contributed by atoms with van der Waals surface area (Å²) in [6.07, 6.45) is 0. The van der Waals surface area contributed by atoms with E-state index in [0.29, 0.717) is 5.75 Å². The summed E-state index contributed by atoms with van der Waals surface area (Å²) in [7, 11) is 0. The number of rotatable bonds is 3. The van der Waals surface area contributed by atoms with Crippen molar-refractivity contribution in [1.82, 2.24) is 0 Å². The summed E-state index contributed by atoms with van der Waals surface area (Å²) >= 11 is 3.23. The molecule has 0 aliphatic carbocycles. The number of phenolic OH excluding ortho intramolecular Hbond substituents is 1. The normalized spacial score (nSPS) is 9.83. The van der Waals surface area contributed by atoms with Crippen LogP contribution < -0.4 is 4.74 Å². The molecule has 3 nitrogen and oxygen atoms in total. The van der Waals surface area contributed by atoms with E-state index in [2.05, 4.69) is 15.9 Å². The first kappa shape index (κ1) is 9.35. The number of benzene rings is 1. The van der Waals surface area contributed by atoms with E-state index in [9.17, 15) is 5.11 Å². The molecule has 0 aromatic heterocycles. The van der Waals surface area contributed by atoms with Crippen molar-refractivity contribution in [2.24, 2.45) is 0 Å². The minimum atomic E-state index is -0.0635. The van der Waals surface area contributed by atoms with E-state index >= 15 is 0 Å². The number of aromatic hydroxyl groups is 1. The van der Waals surface area contributed by atoms with Gasteiger partial charge in [-0.25, -0.2) is 0 Å². The van der Waals surface area contributed by atoms with Crippen LogP contribution >= 0.6 is 15.9 Å². The summed E-state index contributed by atoms with van der Waals surface area (Å²) in [5, 5.41) is 17.7. The molecule has 4 heteroatoms. The third kappa shape index (κ3) is 2.39. The quantitative estimate of drug-likeness (QED) is 0.832. The molecule has 1 aromatic rings. The van der Waals surface area contributed by atoms with E-state index in [1.807, 2.05) is 0 Å². The van der Waals surface area contributed by atoms with Gasteiger partial charge >= 0.3 is 0 Å². The number of hydrogen-bond acceptors (Lipinski definition) is 3. The summed E-state index contributed by atoms with van der Waals surface area (Å²) in [5.41, 5.74) is 0. The maximum absolute atomic E-state index is 9.23. The molecule has 0 spiro atoms. The lowest BCUT2D eigenvalue weighted by Crippen LogP contribution is -2.01. The van der Waals surface area contributed by atoms with E-state index in [4.69, 9.17) is 9.84 Å². The smallest absolute Gasteiger partial charge is 0.162 e. The first-order valence-corrected chi connectivity index (χ1v) is 4.25. The van der Waals surface area contributed by atoms with Crippen LogP contribution in [0.2, 0.25) is 0 Å². The first-order chi connectivity index (χ1) is 5.74. The average molecular weight is 233 g/mol. The van der Waals surface area contributed by atoms with Gasteiger partial charge in [0.2, 0.25) is 0 Å². The molecule has 12 heavy (non-hydrogen) atoms. The largest absolute Gasteiger partial charge is 0.504 e. The van der Waals surface area contributed by atoms with Crippen molar-refractivity contribution in [3.63, 3.8) is 0 Å². The van der Waals surface area contributed by atoms with Crippen molar-refractivity contribution in [2.75, 3.05) is 13.2 Å². The van der Waals surface area contributed by atoms with Crippen molar-refractivity contribution in [3.05, 3.63) is 22.7 Å². The minimum Gasteiger partial charge on any atom is -0.504 e. The molecule has 66 valence electrons. The number of hydrogen-bond donors (Lipinski definition) is 2. The predicted molar refractivity (Wildman–Crippen MR) is 48.4 cm³/mol. The van der Waals surface area contributed by atoms with Gasteiger partial charge in [0.05, 0.1) is 6.61 Å². The maximum atomic E-state index is 9.23. The zero-order valence-electron chi connectivity index (χ0n) is 6.33. The van der Waals surface area contributed by atoms with Crippen LogP contribution in [-0.2, 0) is 0 Å². The number of phenols is 1. The van der Waals surface area contributed by atoms with Crippen molar-refractivity contribution < 1.29 is 14.9 Å².